The van der Waals surface area contributed by atoms with Crippen molar-refractivity contribution in [3.63, 3.8) is 0 Å². The average molecular weight is 198 g/mol. The molecule has 0 aromatic heterocycles. The van der Waals surface area contributed by atoms with E-state index in [4.69, 9.17) is 0 Å². The summed E-state index contributed by atoms with van der Waals surface area (Å²) < 4.78 is 0. The topological polar surface area (TPSA) is 20.2 Å². The van der Waals surface area contributed by atoms with Crippen LogP contribution in [0.15, 0.2) is 0 Å². The Balaban J connectivity index is 2.31. The van der Waals surface area contributed by atoms with Crippen LogP contribution >= 0.6 is 0 Å². The molecule has 1 N–H and O–H groups in total. The van der Waals surface area contributed by atoms with Crippen LogP contribution in [0.25, 0.3) is 0 Å². The lowest BCUT2D eigenvalue weighted by Crippen LogP contribution is -2.34. The van der Waals surface area contributed by atoms with Crippen molar-refractivity contribution in [3.05, 3.63) is 0 Å². The quantitative estimate of drug-likeness (QED) is 0.734. The van der Waals surface area contributed by atoms with Gasteiger partial charge in [0.05, 0.1) is 5.60 Å². The van der Waals surface area contributed by atoms with Gasteiger partial charge in [-0.05, 0) is 50.9 Å². The molecular formula is C13H26O. The van der Waals surface area contributed by atoms with Crippen LogP contribution < -0.4 is 0 Å². The van der Waals surface area contributed by atoms with Crippen molar-refractivity contribution in [2.75, 3.05) is 0 Å². The lowest BCUT2D eigenvalue weighted by atomic mass is 9.73. The second kappa shape index (κ2) is 4.65. The van der Waals surface area contributed by atoms with Crippen LogP contribution in [0.1, 0.15) is 59.8 Å². The van der Waals surface area contributed by atoms with E-state index >= 15 is 0 Å². The predicted octanol–water partition coefficient (Wildman–Crippen LogP) is 3.61. The van der Waals surface area contributed by atoms with Crippen LogP contribution in [0, 0.1) is 17.8 Å². The van der Waals surface area contributed by atoms with Gasteiger partial charge in [-0.25, -0.2) is 0 Å². The van der Waals surface area contributed by atoms with E-state index in [0.717, 1.165) is 11.8 Å². The summed E-state index contributed by atoms with van der Waals surface area (Å²) in [7, 11) is 0. The first-order chi connectivity index (χ1) is 6.39. The largest absolute Gasteiger partial charge is 0.390 e. The zero-order valence-electron chi connectivity index (χ0n) is 10.2. The third-order valence-corrected chi connectivity index (χ3v) is 3.65. The SMILES string of the molecule is CC(C)CC1CCC(C(C)(C)O)CC1. The molecule has 1 nitrogen and oxygen atoms in total. The third kappa shape index (κ3) is 3.61. The van der Waals surface area contributed by atoms with Gasteiger partial charge in [0.2, 0.25) is 0 Å². The molecule has 0 radical (unpaired) electrons. The van der Waals surface area contributed by atoms with Crippen LogP contribution in [0.2, 0.25) is 0 Å². The highest BCUT2D eigenvalue weighted by Crippen LogP contribution is 2.37. The lowest BCUT2D eigenvalue weighted by Gasteiger charge is -2.36. The van der Waals surface area contributed by atoms with Gasteiger partial charge in [0.1, 0.15) is 0 Å². The Labute approximate surface area is 88.9 Å². The van der Waals surface area contributed by atoms with Crippen LogP contribution in [0.4, 0.5) is 0 Å². The van der Waals surface area contributed by atoms with Crippen molar-refractivity contribution in [3.8, 4) is 0 Å². The molecule has 0 aliphatic heterocycles. The van der Waals surface area contributed by atoms with E-state index in [1.807, 2.05) is 13.8 Å². The summed E-state index contributed by atoms with van der Waals surface area (Å²) in [5.74, 6) is 2.29. The maximum absolute atomic E-state index is 9.91. The summed E-state index contributed by atoms with van der Waals surface area (Å²) in [6.07, 6.45) is 6.47. The standard InChI is InChI=1S/C13H26O/c1-10(2)9-11-5-7-12(8-6-11)13(3,4)14/h10-12,14H,5-9H2,1-4H3. The first-order valence-electron chi connectivity index (χ1n) is 6.12. The van der Waals surface area contributed by atoms with Gasteiger partial charge >= 0.3 is 0 Å². The van der Waals surface area contributed by atoms with Gasteiger partial charge in [0.25, 0.3) is 0 Å². The third-order valence-electron chi connectivity index (χ3n) is 3.65. The summed E-state index contributed by atoms with van der Waals surface area (Å²) >= 11 is 0. The fourth-order valence-corrected chi connectivity index (χ4v) is 2.77. The second-order valence-electron chi connectivity index (χ2n) is 6.00. The molecule has 1 fully saturated rings. The molecule has 1 aliphatic rings. The molecule has 1 heteroatoms. The molecule has 0 bridgehead atoms. The molecule has 1 aliphatic carbocycles. The second-order valence-corrected chi connectivity index (χ2v) is 6.00. The highest BCUT2D eigenvalue weighted by molar-refractivity contribution is 4.83. The molecule has 0 amide bonds. The molecule has 0 spiro atoms. The monoisotopic (exact) mass is 198 g/mol. The van der Waals surface area contributed by atoms with Crippen LogP contribution in [-0.4, -0.2) is 10.7 Å². The molecule has 0 unspecified atom stereocenters. The van der Waals surface area contributed by atoms with E-state index < -0.39 is 5.60 Å². The number of hydrogen-bond donors (Lipinski definition) is 1. The van der Waals surface area contributed by atoms with Gasteiger partial charge in [-0.2, -0.15) is 0 Å². The predicted molar refractivity (Wildman–Crippen MR) is 61.2 cm³/mol. The van der Waals surface area contributed by atoms with E-state index in [1.165, 1.54) is 32.1 Å². The normalized spacial score (nSPS) is 29.6. The maximum atomic E-state index is 9.91. The van der Waals surface area contributed by atoms with Crippen LogP contribution in [0.5, 0.6) is 0 Å². The van der Waals surface area contributed by atoms with Gasteiger partial charge in [-0.1, -0.05) is 26.7 Å². The first-order valence-corrected chi connectivity index (χ1v) is 6.12. The van der Waals surface area contributed by atoms with E-state index in [1.54, 1.807) is 0 Å². The smallest absolute Gasteiger partial charge is 0.0619 e. The molecule has 14 heavy (non-hydrogen) atoms. The number of aliphatic hydroxyl groups is 1. The Morgan fingerprint density at radius 1 is 1.14 bits per heavy atom. The first kappa shape index (κ1) is 12.0. The summed E-state index contributed by atoms with van der Waals surface area (Å²) in [6, 6.07) is 0. The van der Waals surface area contributed by atoms with Crippen molar-refractivity contribution >= 4 is 0 Å². The molecule has 0 saturated heterocycles. The van der Waals surface area contributed by atoms with E-state index in [0.29, 0.717) is 5.92 Å². The van der Waals surface area contributed by atoms with Crippen molar-refractivity contribution in [2.24, 2.45) is 17.8 Å². The van der Waals surface area contributed by atoms with E-state index in [9.17, 15) is 5.11 Å². The minimum Gasteiger partial charge on any atom is -0.390 e. The van der Waals surface area contributed by atoms with Gasteiger partial charge in [-0.3, -0.25) is 0 Å². The highest BCUT2D eigenvalue weighted by Gasteiger charge is 2.31. The van der Waals surface area contributed by atoms with Crippen LogP contribution in [-0.2, 0) is 0 Å². The highest BCUT2D eigenvalue weighted by atomic mass is 16.3. The maximum Gasteiger partial charge on any atom is 0.0619 e. The van der Waals surface area contributed by atoms with Crippen molar-refractivity contribution < 1.29 is 5.11 Å². The number of hydrogen-bond acceptors (Lipinski definition) is 1. The summed E-state index contributed by atoms with van der Waals surface area (Å²) in [6.45, 7) is 8.53. The summed E-state index contributed by atoms with van der Waals surface area (Å²) in [5, 5.41) is 9.91. The molecular weight excluding hydrogens is 172 g/mol. The van der Waals surface area contributed by atoms with Gasteiger partial charge in [-0.15, -0.1) is 0 Å². The Bertz CT molecular complexity index is 159. The van der Waals surface area contributed by atoms with E-state index in [-0.39, 0.29) is 0 Å². The van der Waals surface area contributed by atoms with Gasteiger partial charge in [0, 0.05) is 0 Å². The molecule has 0 aromatic rings. The fourth-order valence-electron chi connectivity index (χ4n) is 2.77. The summed E-state index contributed by atoms with van der Waals surface area (Å²) in [4.78, 5) is 0. The zero-order valence-corrected chi connectivity index (χ0v) is 10.2. The van der Waals surface area contributed by atoms with Crippen molar-refractivity contribution in [1.29, 1.82) is 0 Å². The Hall–Kier alpha value is -0.0400. The molecule has 1 rings (SSSR count). The molecule has 0 atom stereocenters. The Morgan fingerprint density at radius 2 is 1.64 bits per heavy atom. The minimum absolute atomic E-state index is 0.456. The summed E-state index contributed by atoms with van der Waals surface area (Å²) in [5.41, 5.74) is -0.456. The molecule has 1 saturated carbocycles. The van der Waals surface area contributed by atoms with Crippen LogP contribution in [0.3, 0.4) is 0 Å². The molecule has 84 valence electrons. The number of rotatable bonds is 3. The average Bonchev–Trinajstić information content (AvgIpc) is 2.02. The van der Waals surface area contributed by atoms with Gasteiger partial charge < -0.3 is 5.11 Å². The van der Waals surface area contributed by atoms with Crippen molar-refractivity contribution in [2.45, 2.75) is 65.4 Å². The fraction of sp³-hybridized carbons (Fsp3) is 1.00. The molecule has 0 heterocycles. The lowest BCUT2D eigenvalue weighted by molar-refractivity contribution is -0.00706. The Kier molecular flexibility index (Phi) is 4.00. The van der Waals surface area contributed by atoms with Crippen molar-refractivity contribution in [1.82, 2.24) is 0 Å². The Morgan fingerprint density at radius 3 is 2.00 bits per heavy atom. The minimum atomic E-state index is -0.456. The molecule has 0 aromatic carbocycles. The van der Waals surface area contributed by atoms with Gasteiger partial charge in [0.15, 0.2) is 0 Å². The zero-order chi connectivity index (χ0) is 10.8. The van der Waals surface area contributed by atoms with E-state index in [2.05, 4.69) is 13.8 Å².